The molecule has 14 rings (SSSR count). The lowest BCUT2D eigenvalue weighted by Crippen LogP contribution is -2.33. The lowest BCUT2D eigenvalue weighted by Gasteiger charge is -2.34. The first-order valence-corrected chi connectivity index (χ1v) is 36.2. The van der Waals surface area contributed by atoms with Crippen molar-refractivity contribution in [3.63, 3.8) is 0 Å². The third-order valence-electron chi connectivity index (χ3n) is 19.7. The van der Waals surface area contributed by atoms with E-state index in [0.717, 1.165) is 166 Å². The van der Waals surface area contributed by atoms with Gasteiger partial charge in [-0.2, -0.15) is 24.9 Å². The van der Waals surface area contributed by atoms with Gasteiger partial charge in [0.2, 0.25) is 0 Å². The third kappa shape index (κ3) is 18.0. The zero-order valence-corrected chi connectivity index (χ0v) is 59.4. The second kappa shape index (κ2) is 31.8. The topological polar surface area (TPSA) is 135 Å². The molecule has 7 aromatic heterocycles. The molecule has 0 amide bonds. The van der Waals surface area contributed by atoms with Gasteiger partial charge in [-0.25, -0.2) is 24.3 Å². The van der Waals surface area contributed by atoms with Crippen LogP contribution in [0.5, 0.6) is 5.75 Å². The quantitative estimate of drug-likeness (QED) is 0.0598. The Labute approximate surface area is 599 Å². The fourth-order valence-corrected chi connectivity index (χ4v) is 15.0. The van der Waals surface area contributed by atoms with E-state index >= 15 is 0 Å². The van der Waals surface area contributed by atoms with Crippen molar-refractivity contribution in [3.05, 3.63) is 254 Å². The number of ether oxygens (including phenoxy) is 1. The molecule has 3 aliphatic rings. The van der Waals surface area contributed by atoms with Gasteiger partial charge in [-0.05, 0) is 234 Å². The van der Waals surface area contributed by atoms with E-state index in [0.29, 0.717) is 67.2 Å². The second-order valence-electron chi connectivity index (χ2n) is 27.0. The van der Waals surface area contributed by atoms with Crippen molar-refractivity contribution in [1.82, 2.24) is 33.1 Å². The van der Waals surface area contributed by atoms with E-state index in [1.54, 1.807) is 30.3 Å². The summed E-state index contributed by atoms with van der Waals surface area (Å²) in [5, 5.41) is 0. The molecule has 4 aromatic carbocycles. The van der Waals surface area contributed by atoms with Gasteiger partial charge in [0.25, 0.3) is 0 Å². The number of nitrogens with zero attached hydrogens (tertiary/aromatic N) is 10. The van der Waals surface area contributed by atoms with Crippen LogP contribution in [-0.2, 0) is 25.4 Å². The Morgan fingerprint density at radius 3 is 1.34 bits per heavy atom. The monoisotopic (exact) mass is 1420 g/mol. The molecule has 0 unspecified atom stereocenters. The summed E-state index contributed by atoms with van der Waals surface area (Å²) >= 11 is 1.91. The average Bonchev–Trinajstić information content (AvgIpc) is 1.54. The number of ketones is 3. The highest BCUT2D eigenvalue weighted by atomic mass is 32.2. The maximum absolute atomic E-state index is 14.6. The number of fused-ring (bicyclic) bond motifs is 3. The van der Waals surface area contributed by atoms with Crippen molar-refractivity contribution in [2.75, 3.05) is 65.5 Å². The minimum absolute atomic E-state index is 0.0337. The molecule has 10 heterocycles. The van der Waals surface area contributed by atoms with Crippen LogP contribution in [0.15, 0.2) is 164 Å². The summed E-state index contributed by atoms with van der Waals surface area (Å²) in [4.78, 5) is 63.7. The standard InChI is InChI=1S/C30H30F3N3O2.C29H29F3N4O.C22H24FN3OS/c1-20-13-18-36-28(19-20)34-21(2)29(36)27(37)12-5-22-3-8-25(9-4-22)35-16-14-24(15-17-35)23-6-10-26(11-7-23)38-30(31,32)33;1-19-11-16-36-27(17-19)34-20(2)28(36)25(37)9-3-21-4-10-26(33-18-21)35-14-12-23(13-15-35)22-5-7-24(8-6-22)29(30,31)32;1-15-7-8-26-21(13-15)24-16(2)22(26)20(27)6-4-17-3-5-19(18(23)14-17)25-9-11-28-12-10-25/h3-4,6-11,13,18-19,24H,5,12,14-17H2,1-2H3;4-8,10-11,16-18,23H,3,9,12-15H2,1-2H3;3,5,7-8,13-14H,4,6,9-12H2,1-2H3. The number of aromatic nitrogens is 7. The molecule has 536 valence electrons. The van der Waals surface area contributed by atoms with Gasteiger partial charge in [-0.3, -0.25) is 27.6 Å². The fraction of sp³-hybridized carbons (Fsp3) is 0.346. The predicted molar refractivity (Wildman–Crippen MR) is 392 cm³/mol. The number of pyridine rings is 4. The zero-order chi connectivity index (χ0) is 72.7. The number of hydrogen-bond donors (Lipinski definition) is 0. The number of hydrogen-bond acceptors (Lipinski definition) is 12. The van der Waals surface area contributed by atoms with Crippen molar-refractivity contribution in [2.45, 2.75) is 130 Å². The molecule has 22 heteroatoms. The lowest BCUT2D eigenvalue weighted by molar-refractivity contribution is -0.274. The first-order chi connectivity index (χ1) is 49.4. The molecule has 0 saturated carbocycles. The van der Waals surface area contributed by atoms with Crippen LogP contribution >= 0.6 is 11.8 Å². The van der Waals surface area contributed by atoms with E-state index in [-0.39, 0.29) is 34.8 Å². The van der Waals surface area contributed by atoms with Crippen LogP contribution < -0.4 is 19.4 Å². The number of carbonyl (C=O) groups is 3. The number of benzene rings is 4. The normalized spacial score (nSPS) is 14.7. The Bertz CT molecular complexity index is 4800. The molecular formula is C81H83F7N10O4S. The van der Waals surface area contributed by atoms with Crippen molar-refractivity contribution < 1.29 is 49.9 Å². The molecule has 11 aromatic rings. The van der Waals surface area contributed by atoms with Gasteiger partial charge in [0.15, 0.2) is 17.3 Å². The lowest BCUT2D eigenvalue weighted by atomic mass is 9.89. The number of carbonyl (C=O) groups excluding carboxylic acids is 3. The molecule has 0 atom stereocenters. The highest BCUT2D eigenvalue weighted by Crippen LogP contribution is 2.36. The highest BCUT2D eigenvalue weighted by molar-refractivity contribution is 7.99. The van der Waals surface area contributed by atoms with Gasteiger partial charge >= 0.3 is 12.5 Å². The number of piperidine rings is 2. The van der Waals surface area contributed by atoms with Crippen LogP contribution in [0.1, 0.15) is 155 Å². The summed E-state index contributed by atoms with van der Waals surface area (Å²) in [5.41, 5.74) is 16.0. The summed E-state index contributed by atoms with van der Waals surface area (Å²) in [7, 11) is 0. The number of thioether (sulfide) groups is 1. The van der Waals surface area contributed by atoms with Crippen LogP contribution in [0.2, 0.25) is 0 Å². The van der Waals surface area contributed by atoms with Crippen LogP contribution in [0.3, 0.4) is 0 Å². The maximum Gasteiger partial charge on any atom is 0.573 e. The summed E-state index contributed by atoms with van der Waals surface area (Å²) in [6, 6.07) is 41.4. The number of halogens is 7. The second-order valence-corrected chi connectivity index (χ2v) is 28.3. The SMILES string of the molecule is Cc1ccn2c(C(=O)CCc3ccc(N4CCC(c5ccc(C(F)(F)F)cc5)CC4)nc3)c(C)nc2c1.Cc1ccn2c(C(=O)CCc3ccc(N4CCC(c5ccc(OC(F)(F)F)cc5)CC4)cc3)c(C)nc2c1.Cc1ccn2c(C(=O)CCc3ccc(N4CCSCC4)c(F)c3)c(C)nc2c1. The first-order valence-electron chi connectivity index (χ1n) is 35.0. The third-order valence-corrected chi connectivity index (χ3v) is 20.6. The summed E-state index contributed by atoms with van der Waals surface area (Å²) in [5.74, 6) is 3.30. The fourth-order valence-electron chi connectivity index (χ4n) is 14.1. The van der Waals surface area contributed by atoms with E-state index in [1.165, 1.54) is 24.3 Å². The van der Waals surface area contributed by atoms with E-state index < -0.39 is 18.1 Å². The van der Waals surface area contributed by atoms with E-state index in [2.05, 4.69) is 63.6 Å². The van der Waals surface area contributed by atoms with Crippen molar-refractivity contribution in [3.8, 4) is 5.75 Å². The van der Waals surface area contributed by atoms with Crippen molar-refractivity contribution >= 4 is 63.2 Å². The van der Waals surface area contributed by atoms with E-state index in [1.807, 2.05) is 152 Å². The smallest absolute Gasteiger partial charge is 0.406 e. The Morgan fingerprint density at radius 1 is 0.476 bits per heavy atom. The van der Waals surface area contributed by atoms with E-state index in [9.17, 15) is 45.1 Å². The summed E-state index contributed by atoms with van der Waals surface area (Å²) in [6.45, 7) is 16.7. The molecular weight excluding hydrogens is 1340 g/mol. The summed E-state index contributed by atoms with van der Waals surface area (Å²) < 4.78 is 99.8. The highest BCUT2D eigenvalue weighted by Gasteiger charge is 2.33. The molecule has 14 nitrogen and oxygen atoms in total. The van der Waals surface area contributed by atoms with Gasteiger partial charge in [0.1, 0.15) is 51.4 Å². The number of anilines is 3. The number of alkyl halides is 6. The predicted octanol–water partition coefficient (Wildman–Crippen LogP) is 18.1. The summed E-state index contributed by atoms with van der Waals surface area (Å²) in [6.07, 6.45) is 5.03. The van der Waals surface area contributed by atoms with Crippen molar-refractivity contribution in [1.29, 1.82) is 0 Å². The minimum atomic E-state index is -4.68. The largest absolute Gasteiger partial charge is 0.573 e. The maximum atomic E-state index is 14.6. The molecule has 103 heavy (non-hydrogen) atoms. The van der Waals surface area contributed by atoms with Gasteiger partial charge in [0.05, 0.1) is 28.3 Å². The van der Waals surface area contributed by atoms with Gasteiger partial charge in [-0.15, -0.1) is 13.2 Å². The minimum Gasteiger partial charge on any atom is -0.406 e. The molecule has 0 bridgehead atoms. The molecule has 0 radical (unpaired) electrons. The Balaban J connectivity index is 0.000000147. The number of aryl methyl sites for hydroxylation is 9. The van der Waals surface area contributed by atoms with Crippen LogP contribution in [0.4, 0.5) is 47.9 Å². The molecule has 3 saturated heterocycles. The zero-order valence-electron chi connectivity index (χ0n) is 58.6. The van der Waals surface area contributed by atoms with Crippen LogP contribution in [0, 0.1) is 47.4 Å². The number of imidazole rings is 3. The average molecular weight is 1430 g/mol. The molecule has 3 aliphatic heterocycles. The van der Waals surface area contributed by atoms with Gasteiger partial charge in [0, 0.05) is 101 Å². The van der Waals surface area contributed by atoms with Crippen molar-refractivity contribution in [2.24, 2.45) is 0 Å². The first kappa shape index (κ1) is 72.9. The Morgan fingerprint density at radius 2 is 0.903 bits per heavy atom. The van der Waals surface area contributed by atoms with Crippen LogP contribution in [0.25, 0.3) is 16.9 Å². The van der Waals surface area contributed by atoms with Gasteiger partial charge < -0.3 is 19.4 Å². The molecule has 0 aliphatic carbocycles. The molecule has 0 spiro atoms. The van der Waals surface area contributed by atoms with E-state index in [4.69, 9.17) is 0 Å². The molecule has 0 N–H and O–H groups in total. The Kier molecular flexibility index (Phi) is 22.5. The Hall–Kier alpha value is -9.83. The number of Topliss-reactive ketones (excluding diaryl/α,β-unsaturated/α-hetero) is 3. The van der Waals surface area contributed by atoms with Gasteiger partial charge in [-0.1, -0.05) is 48.5 Å². The van der Waals surface area contributed by atoms with Crippen LogP contribution in [-0.4, -0.2) is 108 Å². The molecule has 3 fully saturated rings. The number of rotatable bonds is 18.